The minimum atomic E-state index is -4.38. The topological polar surface area (TPSA) is 46.5 Å². The first-order valence-electron chi connectivity index (χ1n) is 7.05. The van der Waals surface area contributed by atoms with Gasteiger partial charge in [0.15, 0.2) is 0 Å². The molecule has 3 nitrogen and oxygen atoms in total. The molecule has 0 spiro atoms. The smallest absolute Gasteiger partial charge is 0.416 e. The molecule has 0 aliphatic heterocycles. The summed E-state index contributed by atoms with van der Waals surface area (Å²) in [6, 6.07) is 10.1. The van der Waals surface area contributed by atoms with Gasteiger partial charge in [-0.2, -0.15) is 13.2 Å². The Bertz CT molecular complexity index is 712. The van der Waals surface area contributed by atoms with Crippen molar-refractivity contribution in [2.75, 3.05) is 0 Å². The average Bonchev–Trinajstić information content (AvgIpc) is 2.51. The maximum absolute atomic E-state index is 12.5. The van der Waals surface area contributed by atoms with Gasteiger partial charge in [0, 0.05) is 9.99 Å². The van der Waals surface area contributed by atoms with Gasteiger partial charge in [-0.25, -0.2) is 0 Å². The zero-order valence-corrected chi connectivity index (χ0v) is 14.6. The molecule has 1 N–H and O–H groups in total. The van der Waals surface area contributed by atoms with Gasteiger partial charge >= 0.3 is 12.1 Å². The van der Waals surface area contributed by atoms with E-state index in [9.17, 15) is 18.0 Å². The van der Waals surface area contributed by atoms with Crippen molar-refractivity contribution in [2.45, 2.75) is 25.6 Å². The van der Waals surface area contributed by atoms with Crippen LogP contribution in [0.4, 0.5) is 13.2 Å². The van der Waals surface area contributed by atoms with Crippen LogP contribution in [0.5, 0.6) is 5.75 Å². The minimum Gasteiger partial charge on any atom is -0.489 e. The number of ether oxygens (including phenoxy) is 1. The molecule has 2 aromatic carbocycles. The average molecular weight is 450 g/mol. The number of rotatable bonds is 6. The Morgan fingerprint density at radius 2 is 1.75 bits per heavy atom. The molecule has 128 valence electrons. The summed E-state index contributed by atoms with van der Waals surface area (Å²) in [6.07, 6.45) is -4.00. The molecule has 0 aliphatic rings. The molecule has 2 rings (SSSR count). The summed E-state index contributed by atoms with van der Waals surface area (Å²) in [5.74, 6) is -0.561. The van der Waals surface area contributed by atoms with Gasteiger partial charge in [0.25, 0.3) is 0 Å². The first-order chi connectivity index (χ1) is 11.3. The molecular weight excluding hydrogens is 436 g/mol. The highest BCUT2D eigenvalue weighted by atomic mass is 127. The third-order valence-corrected chi connectivity index (χ3v) is 4.02. The third-order valence-electron chi connectivity index (χ3n) is 3.35. The number of carbonyl (C=O) groups is 1. The van der Waals surface area contributed by atoms with Gasteiger partial charge in [-0.3, -0.25) is 4.79 Å². The number of aryl methyl sites for hydroxylation is 1. The van der Waals surface area contributed by atoms with E-state index in [0.29, 0.717) is 12.2 Å². The minimum absolute atomic E-state index is 0.00781. The van der Waals surface area contributed by atoms with Crippen molar-refractivity contribution in [3.8, 4) is 5.75 Å². The van der Waals surface area contributed by atoms with E-state index in [0.717, 1.165) is 26.8 Å². The van der Waals surface area contributed by atoms with Crippen molar-refractivity contribution in [1.29, 1.82) is 0 Å². The van der Waals surface area contributed by atoms with Crippen molar-refractivity contribution in [3.63, 3.8) is 0 Å². The van der Waals surface area contributed by atoms with Crippen molar-refractivity contribution in [3.05, 3.63) is 62.7 Å². The Kier molecular flexibility index (Phi) is 6.09. The van der Waals surface area contributed by atoms with Crippen molar-refractivity contribution >= 4 is 28.6 Å². The predicted octanol–water partition coefficient (Wildman–Crippen LogP) is 4.91. The van der Waals surface area contributed by atoms with Gasteiger partial charge in [0.1, 0.15) is 12.4 Å². The van der Waals surface area contributed by atoms with E-state index in [4.69, 9.17) is 9.84 Å². The number of hydrogen-bond acceptors (Lipinski definition) is 2. The van der Waals surface area contributed by atoms with Gasteiger partial charge in [-0.05, 0) is 76.5 Å². The summed E-state index contributed by atoms with van der Waals surface area (Å²) in [4.78, 5) is 10.7. The van der Waals surface area contributed by atoms with Crippen molar-refractivity contribution < 1.29 is 27.8 Å². The lowest BCUT2D eigenvalue weighted by molar-refractivity contribution is -0.138. The van der Waals surface area contributed by atoms with Gasteiger partial charge in [0.2, 0.25) is 0 Å². The molecule has 24 heavy (non-hydrogen) atoms. The van der Waals surface area contributed by atoms with Crippen molar-refractivity contribution in [2.24, 2.45) is 0 Å². The summed E-state index contributed by atoms with van der Waals surface area (Å²) < 4.78 is 44.1. The molecule has 0 radical (unpaired) electrons. The number of benzene rings is 2. The molecule has 0 heterocycles. The Balaban J connectivity index is 2.08. The number of halogens is 4. The van der Waals surface area contributed by atoms with Gasteiger partial charge < -0.3 is 9.84 Å². The van der Waals surface area contributed by atoms with E-state index in [1.54, 1.807) is 0 Å². The van der Waals surface area contributed by atoms with Crippen LogP contribution in [0.2, 0.25) is 0 Å². The zero-order chi connectivity index (χ0) is 17.7. The number of alkyl halides is 3. The highest BCUT2D eigenvalue weighted by Gasteiger charge is 2.30. The highest BCUT2D eigenvalue weighted by molar-refractivity contribution is 14.1. The van der Waals surface area contributed by atoms with E-state index in [2.05, 4.69) is 22.6 Å². The van der Waals surface area contributed by atoms with E-state index in [1.807, 2.05) is 18.2 Å². The summed E-state index contributed by atoms with van der Waals surface area (Å²) in [7, 11) is 0. The van der Waals surface area contributed by atoms with Gasteiger partial charge in [0.05, 0.1) is 5.56 Å². The lowest BCUT2D eigenvalue weighted by atomic mass is 10.0. The maximum atomic E-state index is 12.5. The summed E-state index contributed by atoms with van der Waals surface area (Å²) in [5.41, 5.74) is 0.944. The molecule has 2 aromatic rings. The lowest BCUT2D eigenvalue weighted by Crippen LogP contribution is -2.05. The molecule has 0 fully saturated rings. The summed E-state index contributed by atoms with van der Waals surface area (Å²) in [6.45, 7) is 0.164. The second kappa shape index (κ2) is 7.87. The SMILES string of the molecule is O=C(O)CCc1ccc(I)cc1COc1ccc(C(F)(F)F)cc1. The van der Waals surface area contributed by atoms with Crippen LogP contribution in [0.15, 0.2) is 42.5 Å². The van der Waals surface area contributed by atoms with Gasteiger partial charge in [-0.15, -0.1) is 0 Å². The second-order valence-electron chi connectivity index (χ2n) is 5.12. The quantitative estimate of drug-likeness (QED) is 0.637. The Morgan fingerprint density at radius 1 is 1.08 bits per heavy atom. The van der Waals surface area contributed by atoms with E-state index < -0.39 is 17.7 Å². The fourth-order valence-corrected chi connectivity index (χ4v) is 2.67. The van der Waals surface area contributed by atoms with Crippen LogP contribution >= 0.6 is 22.6 Å². The van der Waals surface area contributed by atoms with Crippen LogP contribution in [0, 0.1) is 3.57 Å². The molecule has 0 amide bonds. The van der Waals surface area contributed by atoms with E-state index in [1.165, 1.54) is 12.1 Å². The molecule has 7 heteroatoms. The standard InChI is InChI=1S/C17H14F3IO3/c18-17(19,20)13-3-6-15(7-4-13)24-10-12-9-14(21)5-1-11(12)2-8-16(22)23/h1,3-7,9H,2,8,10H2,(H,22,23). The highest BCUT2D eigenvalue weighted by Crippen LogP contribution is 2.30. The van der Waals surface area contributed by atoms with Gasteiger partial charge in [-0.1, -0.05) is 6.07 Å². The maximum Gasteiger partial charge on any atom is 0.416 e. The van der Waals surface area contributed by atoms with Crippen LogP contribution in [-0.2, 0) is 24.0 Å². The molecule has 0 bridgehead atoms. The Morgan fingerprint density at radius 3 is 2.33 bits per heavy atom. The number of carboxylic acid groups (broad SMARTS) is 1. The summed E-state index contributed by atoms with van der Waals surface area (Å²) >= 11 is 2.13. The third kappa shape index (κ3) is 5.40. The summed E-state index contributed by atoms with van der Waals surface area (Å²) in [5, 5.41) is 8.80. The number of carboxylic acids is 1. The molecule has 0 aromatic heterocycles. The molecule has 0 saturated heterocycles. The van der Waals surface area contributed by atoms with Crippen LogP contribution in [0.25, 0.3) is 0 Å². The second-order valence-corrected chi connectivity index (χ2v) is 6.36. The van der Waals surface area contributed by atoms with Crippen LogP contribution in [0.3, 0.4) is 0 Å². The number of hydrogen-bond donors (Lipinski definition) is 1. The predicted molar refractivity (Wildman–Crippen MR) is 90.9 cm³/mol. The molecule has 0 unspecified atom stereocenters. The Hall–Kier alpha value is -1.77. The lowest BCUT2D eigenvalue weighted by Gasteiger charge is -2.12. The fourth-order valence-electron chi connectivity index (χ4n) is 2.12. The van der Waals surface area contributed by atoms with E-state index in [-0.39, 0.29) is 13.0 Å². The first kappa shape index (κ1) is 18.6. The normalized spacial score (nSPS) is 11.3. The van der Waals surface area contributed by atoms with Crippen LogP contribution in [-0.4, -0.2) is 11.1 Å². The monoisotopic (exact) mass is 450 g/mol. The number of aliphatic carboxylic acids is 1. The van der Waals surface area contributed by atoms with Crippen molar-refractivity contribution in [1.82, 2.24) is 0 Å². The molecular formula is C17H14F3IO3. The van der Waals surface area contributed by atoms with E-state index >= 15 is 0 Å². The first-order valence-corrected chi connectivity index (χ1v) is 8.13. The zero-order valence-electron chi connectivity index (χ0n) is 12.4. The largest absolute Gasteiger partial charge is 0.489 e. The molecule has 0 aliphatic carbocycles. The van der Waals surface area contributed by atoms with Crippen LogP contribution in [0.1, 0.15) is 23.1 Å². The van der Waals surface area contributed by atoms with Crippen LogP contribution < -0.4 is 4.74 Å². The fraction of sp³-hybridized carbons (Fsp3) is 0.235. The molecule has 0 saturated carbocycles. The molecule has 0 atom stereocenters. The Labute approximate surface area is 150 Å².